The van der Waals surface area contributed by atoms with E-state index >= 15 is 0 Å². The molecule has 6 nitrogen and oxygen atoms in total. The number of anilines is 1. The number of halogens is 3. The van der Waals surface area contributed by atoms with Crippen LogP contribution < -0.4 is 5.32 Å². The smallest absolute Gasteiger partial charge is 0.340 e. The molecule has 2 aromatic carbocycles. The zero-order valence-electron chi connectivity index (χ0n) is 13.3. The van der Waals surface area contributed by atoms with Crippen molar-refractivity contribution >= 4 is 39.0 Å². The highest BCUT2D eigenvalue weighted by atomic mass is 35.5. The van der Waals surface area contributed by atoms with Crippen LogP contribution in [0.25, 0.3) is 0 Å². The zero-order chi connectivity index (χ0) is 19.5. The minimum atomic E-state index is -3.58. The van der Waals surface area contributed by atoms with Gasteiger partial charge in [-0.15, -0.1) is 0 Å². The first-order valence-electron chi connectivity index (χ1n) is 6.99. The Labute approximate surface area is 152 Å². The maximum Gasteiger partial charge on any atom is 0.340 e. The number of rotatable bonds is 5. The van der Waals surface area contributed by atoms with Gasteiger partial charge in [-0.25, -0.2) is 22.0 Å². The van der Waals surface area contributed by atoms with Crippen molar-refractivity contribution in [3.63, 3.8) is 0 Å². The fraction of sp³-hybridized carbons (Fsp3) is 0.125. The molecular weight excluding hydrogens is 392 g/mol. The summed E-state index contributed by atoms with van der Waals surface area (Å²) in [6.45, 7) is -0.811. The molecule has 0 aromatic heterocycles. The average Bonchev–Trinajstić information content (AvgIpc) is 2.55. The first kappa shape index (κ1) is 19.8. The topological polar surface area (TPSA) is 89.5 Å². The molecule has 0 fully saturated rings. The number of esters is 1. The van der Waals surface area contributed by atoms with Gasteiger partial charge >= 0.3 is 5.97 Å². The molecular formula is C16H12ClF2NO5S. The van der Waals surface area contributed by atoms with Crippen LogP contribution in [0.3, 0.4) is 0 Å². The maximum absolute atomic E-state index is 13.4. The van der Waals surface area contributed by atoms with Gasteiger partial charge in [-0.1, -0.05) is 11.6 Å². The van der Waals surface area contributed by atoms with Gasteiger partial charge in [0.2, 0.25) is 0 Å². The van der Waals surface area contributed by atoms with E-state index in [0.29, 0.717) is 0 Å². The Morgan fingerprint density at radius 3 is 2.50 bits per heavy atom. The van der Waals surface area contributed by atoms with Gasteiger partial charge in [0, 0.05) is 12.3 Å². The summed E-state index contributed by atoms with van der Waals surface area (Å²) in [6.07, 6.45) is 0.951. The van der Waals surface area contributed by atoms with E-state index in [1.807, 2.05) is 5.32 Å². The van der Waals surface area contributed by atoms with E-state index in [-0.39, 0.29) is 15.5 Å². The van der Waals surface area contributed by atoms with E-state index in [0.717, 1.165) is 30.5 Å². The molecule has 0 bridgehead atoms. The number of amides is 1. The molecule has 0 radical (unpaired) electrons. The third-order valence-electron chi connectivity index (χ3n) is 3.12. The summed E-state index contributed by atoms with van der Waals surface area (Å²) in [7, 11) is -3.58. The third kappa shape index (κ3) is 4.99. The number of benzene rings is 2. The van der Waals surface area contributed by atoms with Crippen LogP contribution in [0.1, 0.15) is 10.4 Å². The van der Waals surface area contributed by atoms with Crippen molar-refractivity contribution in [2.45, 2.75) is 4.90 Å². The van der Waals surface area contributed by atoms with Crippen LogP contribution in [0.15, 0.2) is 41.3 Å². The van der Waals surface area contributed by atoms with Crippen molar-refractivity contribution in [1.29, 1.82) is 0 Å². The molecule has 1 amide bonds. The molecule has 0 atom stereocenters. The fourth-order valence-corrected chi connectivity index (χ4v) is 2.72. The quantitative estimate of drug-likeness (QED) is 0.775. The molecule has 1 N–H and O–H groups in total. The number of sulfone groups is 1. The number of hydrogen-bond acceptors (Lipinski definition) is 5. The summed E-state index contributed by atoms with van der Waals surface area (Å²) >= 11 is 5.84. The van der Waals surface area contributed by atoms with Gasteiger partial charge in [0.15, 0.2) is 16.4 Å². The Hall–Kier alpha value is -2.52. The van der Waals surface area contributed by atoms with Gasteiger partial charge < -0.3 is 10.1 Å². The van der Waals surface area contributed by atoms with Crippen molar-refractivity contribution in [3.05, 3.63) is 58.6 Å². The van der Waals surface area contributed by atoms with E-state index in [2.05, 4.69) is 0 Å². The Bertz CT molecular complexity index is 979. The van der Waals surface area contributed by atoms with Crippen molar-refractivity contribution in [3.8, 4) is 0 Å². The molecule has 26 heavy (non-hydrogen) atoms. The summed E-state index contributed by atoms with van der Waals surface area (Å²) in [4.78, 5) is 23.6. The maximum atomic E-state index is 13.4. The lowest BCUT2D eigenvalue weighted by Crippen LogP contribution is -2.21. The van der Waals surface area contributed by atoms with Crippen molar-refractivity contribution in [2.24, 2.45) is 0 Å². The fourth-order valence-electron chi connectivity index (χ4n) is 1.88. The molecule has 0 spiro atoms. The Morgan fingerprint density at radius 1 is 1.15 bits per heavy atom. The Morgan fingerprint density at radius 2 is 1.85 bits per heavy atom. The highest BCUT2D eigenvalue weighted by Crippen LogP contribution is 2.21. The second-order valence-corrected chi connectivity index (χ2v) is 7.59. The second kappa shape index (κ2) is 7.79. The zero-order valence-corrected chi connectivity index (χ0v) is 14.8. The van der Waals surface area contributed by atoms with Gasteiger partial charge in [-0.05, 0) is 30.3 Å². The minimum Gasteiger partial charge on any atom is -0.452 e. The van der Waals surface area contributed by atoms with E-state index in [4.69, 9.17) is 16.3 Å². The molecule has 0 unspecified atom stereocenters. The summed E-state index contributed by atoms with van der Waals surface area (Å²) < 4.78 is 54.3. The Balaban J connectivity index is 2.06. The Kier molecular flexibility index (Phi) is 5.94. The molecule has 10 heteroatoms. The summed E-state index contributed by atoms with van der Waals surface area (Å²) in [5, 5.41) is 1.98. The van der Waals surface area contributed by atoms with Crippen molar-refractivity contribution in [1.82, 2.24) is 0 Å². The van der Waals surface area contributed by atoms with Gasteiger partial charge in [0.1, 0.15) is 11.6 Å². The number of carbonyl (C=O) groups excluding carboxylic acids is 2. The minimum absolute atomic E-state index is 0.0704. The highest BCUT2D eigenvalue weighted by Gasteiger charge is 2.18. The number of nitrogens with one attached hydrogen (secondary N) is 1. The van der Waals surface area contributed by atoms with Crippen LogP contribution in [-0.2, 0) is 19.4 Å². The normalized spacial score (nSPS) is 11.1. The molecule has 2 aromatic rings. The lowest BCUT2D eigenvalue weighted by atomic mass is 10.2. The largest absolute Gasteiger partial charge is 0.452 e. The van der Waals surface area contributed by atoms with Crippen molar-refractivity contribution < 1.29 is 31.5 Å². The molecule has 138 valence electrons. The van der Waals surface area contributed by atoms with Crippen LogP contribution in [-0.4, -0.2) is 33.2 Å². The van der Waals surface area contributed by atoms with Gasteiger partial charge in [-0.3, -0.25) is 4.79 Å². The van der Waals surface area contributed by atoms with Gasteiger partial charge in [-0.2, -0.15) is 0 Å². The van der Waals surface area contributed by atoms with Crippen LogP contribution >= 0.6 is 11.6 Å². The second-order valence-electron chi connectivity index (χ2n) is 5.16. The van der Waals surface area contributed by atoms with Crippen LogP contribution in [0.4, 0.5) is 14.5 Å². The lowest BCUT2D eigenvalue weighted by Gasteiger charge is -2.09. The van der Waals surface area contributed by atoms with Crippen LogP contribution in [0, 0.1) is 11.6 Å². The van der Waals surface area contributed by atoms with Gasteiger partial charge in [0.25, 0.3) is 5.91 Å². The van der Waals surface area contributed by atoms with E-state index < -0.39 is 45.6 Å². The monoisotopic (exact) mass is 403 g/mol. The summed E-state index contributed by atoms with van der Waals surface area (Å²) in [5.74, 6) is -3.59. The SMILES string of the molecule is CS(=O)(=O)c1ccc(Cl)c(C(=O)OCC(=O)Nc2cc(F)ccc2F)c1. The van der Waals surface area contributed by atoms with E-state index in [1.165, 1.54) is 12.1 Å². The number of hydrogen-bond donors (Lipinski definition) is 1. The number of carbonyl (C=O) groups is 2. The molecule has 0 heterocycles. The molecule has 0 saturated carbocycles. The first-order chi connectivity index (χ1) is 12.1. The molecule has 0 saturated heterocycles. The van der Waals surface area contributed by atoms with Crippen LogP contribution in [0.2, 0.25) is 5.02 Å². The van der Waals surface area contributed by atoms with Crippen molar-refractivity contribution in [2.75, 3.05) is 18.2 Å². The highest BCUT2D eigenvalue weighted by molar-refractivity contribution is 7.90. The molecule has 0 aliphatic heterocycles. The molecule has 0 aliphatic carbocycles. The summed E-state index contributed by atoms with van der Waals surface area (Å²) in [6, 6.07) is 5.91. The van der Waals surface area contributed by atoms with Gasteiger partial charge in [0.05, 0.1) is 21.2 Å². The predicted molar refractivity (Wildman–Crippen MR) is 89.8 cm³/mol. The van der Waals surface area contributed by atoms with Crippen LogP contribution in [0.5, 0.6) is 0 Å². The predicted octanol–water partition coefficient (Wildman–Crippen LogP) is 2.82. The van der Waals surface area contributed by atoms with E-state index in [9.17, 15) is 26.8 Å². The molecule has 2 rings (SSSR count). The standard InChI is InChI=1S/C16H12ClF2NO5S/c1-26(23,24)10-3-4-12(17)11(7-10)16(22)25-8-15(21)20-14-6-9(18)2-5-13(14)19/h2-7H,8H2,1H3,(H,20,21). The lowest BCUT2D eigenvalue weighted by molar-refractivity contribution is -0.119. The third-order valence-corrected chi connectivity index (χ3v) is 4.56. The average molecular weight is 404 g/mol. The summed E-state index contributed by atoms with van der Waals surface area (Å²) in [5.41, 5.74) is -0.664. The van der Waals surface area contributed by atoms with E-state index in [1.54, 1.807) is 0 Å². The number of ether oxygens (including phenoxy) is 1. The first-order valence-corrected chi connectivity index (χ1v) is 9.26. The molecule has 0 aliphatic rings.